The molecule has 0 saturated heterocycles. The highest BCUT2D eigenvalue weighted by molar-refractivity contribution is 7.17. The van der Waals surface area contributed by atoms with Crippen molar-refractivity contribution in [2.75, 3.05) is 11.9 Å². The van der Waals surface area contributed by atoms with Gasteiger partial charge in [-0.25, -0.2) is 9.78 Å². The Bertz CT molecular complexity index is 531. The third-order valence-electron chi connectivity index (χ3n) is 2.36. The minimum atomic E-state index is -4.82. The van der Waals surface area contributed by atoms with E-state index in [4.69, 9.17) is 5.73 Å². The van der Waals surface area contributed by atoms with Gasteiger partial charge >= 0.3 is 12.1 Å². The van der Waals surface area contributed by atoms with Crippen LogP contribution in [0.2, 0.25) is 0 Å². The van der Waals surface area contributed by atoms with E-state index in [1.165, 1.54) is 6.92 Å². The lowest BCUT2D eigenvalue weighted by Gasteiger charge is -2.07. The van der Waals surface area contributed by atoms with E-state index < -0.39 is 34.7 Å². The van der Waals surface area contributed by atoms with Crippen molar-refractivity contribution in [1.29, 1.82) is 0 Å². The standard InChI is InChI=1S/C11H14F3N3O3S/c1-3-5(15)8(18)17-10-16-7(11(12,13)14)6(21-10)9(19)20-4-2/h5H,3-4,15H2,1-2H3,(H,16,17,18). The van der Waals surface area contributed by atoms with Gasteiger partial charge in [0.15, 0.2) is 10.8 Å². The molecule has 0 radical (unpaired) electrons. The maximum atomic E-state index is 12.8. The largest absolute Gasteiger partial charge is 0.462 e. The number of halogens is 3. The fraction of sp³-hybridized carbons (Fsp3) is 0.545. The van der Waals surface area contributed by atoms with E-state index in [0.717, 1.165) is 0 Å². The molecule has 0 aliphatic rings. The van der Waals surface area contributed by atoms with Gasteiger partial charge in [0, 0.05) is 0 Å². The number of nitrogens with zero attached hydrogens (tertiary/aromatic N) is 1. The quantitative estimate of drug-likeness (QED) is 0.808. The first-order chi connectivity index (χ1) is 9.70. The molecule has 0 bridgehead atoms. The van der Waals surface area contributed by atoms with E-state index in [1.54, 1.807) is 6.92 Å². The molecule has 1 heterocycles. The third-order valence-corrected chi connectivity index (χ3v) is 3.31. The lowest BCUT2D eigenvalue weighted by Crippen LogP contribution is -2.34. The van der Waals surface area contributed by atoms with Crippen LogP contribution in [0.15, 0.2) is 0 Å². The van der Waals surface area contributed by atoms with Gasteiger partial charge in [-0.1, -0.05) is 18.3 Å². The molecular formula is C11H14F3N3O3S. The summed E-state index contributed by atoms with van der Waals surface area (Å²) in [6.45, 7) is 3.04. The first kappa shape index (κ1) is 17.4. The van der Waals surface area contributed by atoms with Gasteiger partial charge in [-0.3, -0.25) is 4.79 Å². The molecule has 1 rings (SSSR count). The predicted octanol–water partition coefficient (Wildman–Crippen LogP) is 2.01. The molecule has 10 heteroatoms. The zero-order valence-electron chi connectivity index (χ0n) is 11.3. The van der Waals surface area contributed by atoms with Crippen molar-refractivity contribution in [3.8, 4) is 0 Å². The molecule has 1 atom stereocenters. The zero-order valence-corrected chi connectivity index (χ0v) is 12.1. The van der Waals surface area contributed by atoms with Crippen LogP contribution in [0.3, 0.4) is 0 Å². The summed E-state index contributed by atoms with van der Waals surface area (Å²) in [7, 11) is 0. The molecule has 1 unspecified atom stereocenters. The lowest BCUT2D eigenvalue weighted by atomic mass is 10.2. The smallest absolute Gasteiger partial charge is 0.435 e. The van der Waals surface area contributed by atoms with Gasteiger partial charge in [0.25, 0.3) is 0 Å². The van der Waals surface area contributed by atoms with E-state index in [9.17, 15) is 22.8 Å². The number of hydrogen-bond donors (Lipinski definition) is 2. The van der Waals surface area contributed by atoms with Crippen molar-refractivity contribution in [3.63, 3.8) is 0 Å². The van der Waals surface area contributed by atoms with E-state index in [2.05, 4.69) is 15.0 Å². The molecule has 118 valence electrons. The van der Waals surface area contributed by atoms with Gasteiger partial charge < -0.3 is 15.8 Å². The van der Waals surface area contributed by atoms with Crippen LogP contribution in [-0.2, 0) is 15.7 Å². The number of aromatic nitrogens is 1. The van der Waals surface area contributed by atoms with Crippen molar-refractivity contribution >= 4 is 28.3 Å². The van der Waals surface area contributed by atoms with E-state index in [-0.39, 0.29) is 11.7 Å². The van der Waals surface area contributed by atoms with Crippen LogP contribution in [0, 0.1) is 0 Å². The lowest BCUT2D eigenvalue weighted by molar-refractivity contribution is -0.141. The average molecular weight is 325 g/mol. The first-order valence-electron chi connectivity index (χ1n) is 6.02. The van der Waals surface area contributed by atoms with E-state index in [0.29, 0.717) is 17.8 Å². The average Bonchev–Trinajstić information content (AvgIpc) is 2.82. The molecule has 1 amide bonds. The highest BCUT2D eigenvalue weighted by Crippen LogP contribution is 2.36. The number of nitrogens with one attached hydrogen (secondary N) is 1. The highest BCUT2D eigenvalue weighted by Gasteiger charge is 2.40. The number of ether oxygens (including phenoxy) is 1. The summed E-state index contributed by atoms with van der Waals surface area (Å²) in [4.78, 5) is 25.6. The Labute approximate surface area is 122 Å². The molecule has 3 N–H and O–H groups in total. The molecule has 0 saturated carbocycles. The van der Waals surface area contributed by atoms with Crippen LogP contribution >= 0.6 is 11.3 Å². The molecule has 1 aromatic heterocycles. The highest BCUT2D eigenvalue weighted by atomic mass is 32.1. The molecule has 21 heavy (non-hydrogen) atoms. The Balaban J connectivity index is 3.09. The number of nitrogens with two attached hydrogens (primary N) is 1. The molecule has 0 aliphatic heterocycles. The third kappa shape index (κ3) is 4.39. The maximum Gasteiger partial charge on any atom is 0.435 e. The Kier molecular flexibility index (Phi) is 5.67. The monoisotopic (exact) mass is 325 g/mol. The van der Waals surface area contributed by atoms with E-state index in [1.807, 2.05) is 0 Å². The van der Waals surface area contributed by atoms with Gasteiger partial charge in [-0.2, -0.15) is 13.2 Å². The number of amides is 1. The molecule has 0 aliphatic carbocycles. The number of carbonyl (C=O) groups is 2. The summed E-state index contributed by atoms with van der Waals surface area (Å²) >= 11 is 0.398. The van der Waals surface area contributed by atoms with Crippen LogP contribution in [0.25, 0.3) is 0 Å². The number of anilines is 1. The van der Waals surface area contributed by atoms with Crippen molar-refractivity contribution in [1.82, 2.24) is 4.98 Å². The Morgan fingerprint density at radius 1 is 1.43 bits per heavy atom. The van der Waals surface area contributed by atoms with Crippen LogP contribution in [0.4, 0.5) is 18.3 Å². The fourth-order valence-electron chi connectivity index (χ4n) is 1.28. The van der Waals surface area contributed by atoms with Crippen molar-refractivity contribution in [3.05, 3.63) is 10.6 Å². The minimum Gasteiger partial charge on any atom is -0.462 e. The SMILES string of the molecule is CCOC(=O)c1sc(NC(=O)C(N)CC)nc1C(F)(F)F. The Morgan fingerprint density at radius 2 is 2.05 bits per heavy atom. The van der Waals surface area contributed by atoms with Crippen molar-refractivity contribution in [2.45, 2.75) is 32.5 Å². The van der Waals surface area contributed by atoms with Crippen molar-refractivity contribution in [2.24, 2.45) is 5.73 Å². The maximum absolute atomic E-state index is 12.8. The molecule has 0 spiro atoms. The fourth-order valence-corrected chi connectivity index (χ4v) is 2.17. The number of thiazole rings is 1. The summed E-state index contributed by atoms with van der Waals surface area (Å²) in [6.07, 6.45) is -4.51. The normalized spacial score (nSPS) is 12.9. The van der Waals surface area contributed by atoms with E-state index >= 15 is 0 Å². The number of carbonyl (C=O) groups excluding carboxylic acids is 2. The van der Waals surface area contributed by atoms with Gasteiger partial charge in [0.2, 0.25) is 5.91 Å². The van der Waals surface area contributed by atoms with Gasteiger partial charge in [-0.15, -0.1) is 0 Å². The second-order valence-electron chi connectivity index (χ2n) is 3.92. The van der Waals surface area contributed by atoms with Gasteiger partial charge in [-0.05, 0) is 13.3 Å². The van der Waals surface area contributed by atoms with Crippen molar-refractivity contribution < 1.29 is 27.5 Å². The number of rotatable bonds is 5. The molecular weight excluding hydrogens is 311 g/mol. The number of esters is 1. The minimum absolute atomic E-state index is 0.0730. The molecule has 6 nitrogen and oxygen atoms in total. The molecule has 0 fully saturated rings. The summed E-state index contributed by atoms with van der Waals surface area (Å²) in [5, 5.41) is 1.81. The summed E-state index contributed by atoms with van der Waals surface area (Å²) < 4.78 is 43.0. The second-order valence-corrected chi connectivity index (χ2v) is 4.92. The number of hydrogen-bond acceptors (Lipinski definition) is 6. The van der Waals surface area contributed by atoms with Crippen LogP contribution < -0.4 is 11.1 Å². The Hall–Kier alpha value is -1.68. The first-order valence-corrected chi connectivity index (χ1v) is 6.83. The predicted molar refractivity (Wildman–Crippen MR) is 70.0 cm³/mol. The summed E-state index contributed by atoms with van der Waals surface area (Å²) in [5.74, 6) is -1.81. The number of alkyl halides is 3. The molecule has 1 aromatic rings. The van der Waals surface area contributed by atoms with Crippen LogP contribution in [0.5, 0.6) is 0 Å². The topological polar surface area (TPSA) is 94.3 Å². The van der Waals surface area contributed by atoms with Gasteiger partial charge in [0.1, 0.15) is 4.88 Å². The van der Waals surface area contributed by atoms with Crippen LogP contribution in [-0.4, -0.2) is 29.5 Å². The summed E-state index contributed by atoms with van der Waals surface area (Å²) in [6, 6.07) is -0.866. The van der Waals surface area contributed by atoms with Gasteiger partial charge in [0.05, 0.1) is 12.6 Å². The Morgan fingerprint density at radius 3 is 2.52 bits per heavy atom. The van der Waals surface area contributed by atoms with Crippen LogP contribution in [0.1, 0.15) is 35.6 Å². The molecule has 0 aromatic carbocycles. The zero-order chi connectivity index (χ0) is 16.2. The second kappa shape index (κ2) is 6.85. The summed E-state index contributed by atoms with van der Waals surface area (Å²) in [5.41, 5.74) is 4.07.